The standard InChI is InChI=1S/C9H8N2O/c1-3-8-4-9(6-10-5-8)11-7(2)12/h1,4-6H,2H3,(H,11,12). The van der Waals surface area contributed by atoms with Crippen molar-refractivity contribution in [1.82, 2.24) is 4.98 Å². The van der Waals surface area contributed by atoms with Crippen molar-refractivity contribution in [2.24, 2.45) is 0 Å². The molecule has 12 heavy (non-hydrogen) atoms. The Labute approximate surface area is 70.8 Å². The van der Waals surface area contributed by atoms with Crippen molar-refractivity contribution in [3.8, 4) is 12.3 Å². The number of hydrogen-bond acceptors (Lipinski definition) is 2. The molecule has 0 spiro atoms. The fourth-order valence-corrected chi connectivity index (χ4v) is 0.790. The van der Waals surface area contributed by atoms with Crippen molar-refractivity contribution in [3.63, 3.8) is 0 Å². The van der Waals surface area contributed by atoms with Crippen molar-refractivity contribution < 1.29 is 4.79 Å². The van der Waals surface area contributed by atoms with Crippen LogP contribution in [0, 0.1) is 12.3 Å². The van der Waals surface area contributed by atoms with Gasteiger partial charge in [0.25, 0.3) is 0 Å². The van der Waals surface area contributed by atoms with Gasteiger partial charge in [0.2, 0.25) is 5.91 Å². The molecule has 1 N–H and O–H groups in total. The molecule has 0 aromatic carbocycles. The molecule has 1 heterocycles. The highest BCUT2D eigenvalue weighted by molar-refractivity contribution is 5.88. The largest absolute Gasteiger partial charge is 0.325 e. The van der Waals surface area contributed by atoms with Crippen molar-refractivity contribution in [2.45, 2.75) is 6.92 Å². The topological polar surface area (TPSA) is 42.0 Å². The van der Waals surface area contributed by atoms with Crippen LogP contribution in [0.4, 0.5) is 5.69 Å². The number of hydrogen-bond donors (Lipinski definition) is 1. The minimum Gasteiger partial charge on any atom is -0.325 e. The zero-order valence-corrected chi connectivity index (χ0v) is 6.66. The number of carbonyl (C=O) groups excluding carboxylic acids is 1. The van der Waals surface area contributed by atoms with E-state index in [1.807, 2.05) is 0 Å². The number of aromatic nitrogens is 1. The van der Waals surface area contributed by atoms with E-state index in [1.165, 1.54) is 6.92 Å². The van der Waals surface area contributed by atoms with E-state index in [9.17, 15) is 4.79 Å². The van der Waals surface area contributed by atoms with Gasteiger partial charge in [-0.1, -0.05) is 5.92 Å². The molecule has 0 saturated heterocycles. The van der Waals surface area contributed by atoms with Crippen molar-refractivity contribution in [1.29, 1.82) is 0 Å². The molecule has 3 heteroatoms. The molecule has 1 aromatic rings. The monoisotopic (exact) mass is 160 g/mol. The van der Waals surface area contributed by atoms with E-state index in [2.05, 4.69) is 16.2 Å². The normalized spacial score (nSPS) is 8.67. The molecule has 0 fully saturated rings. The number of terminal acetylenes is 1. The van der Waals surface area contributed by atoms with Crippen LogP contribution in [0.15, 0.2) is 18.5 Å². The number of rotatable bonds is 1. The van der Waals surface area contributed by atoms with Crippen LogP contribution in [-0.2, 0) is 4.79 Å². The summed E-state index contributed by atoms with van der Waals surface area (Å²) in [5, 5.41) is 2.58. The maximum Gasteiger partial charge on any atom is 0.221 e. The molecule has 0 atom stereocenters. The Morgan fingerprint density at radius 1 is 1.67 bits per heavy atom. The summed E-state index contributed by atoms with van der Waals surface area (Å²) < 4.78 is 0. The van der Waals surface area contributed by atoms with Crippen LogP contribution < -0.4 is 5.32 Å². The predicted octanol–water partition coefficient (Wildman–Crippen LogP) is 1.02. The first-order chi connectivity index (χ1) is 5.72. The number of pyridine rings is 1. The third-order valence-corrected chi connectivity index (χ3v) is 1.23. The second-order valence-corrected chi connectivity index (χ2v) is 2.29. The highest BCUT2D eigenvalue weighted by Gasteiger charge is 1.95. The summed E-state index contributed by atoms with van der Waals surface area (Å²) in [6.45, 7) is 1.43. The fraction of sp³-hybridized carbons (Fsp3) is 0.111. The Hall–Kier alpha value is -1.82. The number of carbonyl (C=O) groups is 1. The highest BCUT2D eigenvalue weighted by Crippen LogP contribution is 2.06. The second kappa shape index (κ2) is 3.54. The minimum atomic E-state index is -0.133. The molecule has 0 bridgehead atoms. The molecule has 0 aliphatic rings. The number of nitrogens with zero attached hydrogens (tertiary/aromatic N) is 1. The Morgan fingerprint density at radius 2 is 2.42 bits per heavy atom. The first-order valence-corrected chi connectivity index (χ1v) is 3.41. The minimum absolute atomic E-state index is 0.133. The average Bonchev–Trinajstić information content (AvgIpc) is 2.03. The lowest BCUT2D eigenvalue weighted by atomic mass is 10.3. The average molecular weight is 160 g/mol. The molecule has 1 rings (SSSR count). The zero-order chi connectivity index (χ0) is 8.97. The number of nitrogens with one attached hydrogen (secondary N) is 1. The number of anilines is 1. The lowest BCUT2D eigenvalue weighted by Gasteiger charge is -2.00. The SMILES string of the molecule is C#Cc1cncc(NC(C)=O)c1. The molecule has 0 aliphatic heterocycles. The Bertz CT molecular complexity index is 339. The number of amides is 1. The van der Waals surface area contributed by atoms with E-state index in [1.54, 1.807) is 18.5 Å². The zero-order valence-electron chi connectivity index (χ0n) is 6.66. The third-order valence-electron chi connectivity index (χ3n) is 1.23. The van der Waals surface area contributed by atoms with E-state index in [-0.39, 0.29) is 5.91 Å². The van der Waals surface area contributed by atoms with Gasteiger partial charge in [-0.05, 0) is 6.07 Å². The van der Waals surface area contributed by atoms with Crippen LogP contribution >= 0.6 is 0 Å². The van der Waals surface area contributed by atoms with Gasteiger partial charge in [-0.15, -0.1) is 6.42 Å². The molecule has 1 amide bonds. The third kappa shape index (κ3) is 2.10. The highest BCUT2D eigenvalue weighted by atomic mass is 16.1. The van der Waals surface area contributed by atoms with Crippen LogP contribution in [0.5, 0.6) is 0 Å². The summed E-state index contributed by atoms with van der Waals surface area (Å²) in [4.78, 5) is 14.5. The summed E-state index contributed by atoms with van der Waals surface area (Å²) in [5.41, 5.74) is 1.28. The van der Waals surface area contributed by atoms with Gasteiger partial charge >= 0.3 is 0 Å². The first kappa shape index (κ1) is 8.28. The smallest absolute Gasteiger partial charge is 0.221 e. The van der Waals surface area contributed by atoms with Gasteiger partial charge < -0.3 is 5.32 Å². The maximum absolute atomic E-state index is 10.6. The van der Waals surface area contributed by atoms with E-state index >= 15 is 0 Å². The van der Waals surface area contributed by atoms with E-state index in [4.69, 9.17) is 6.42 Å². The van der Waals surface area contributed by atoms with Gasteiger partial charge in [-0.3, -0.25) is 9.78 Å². The van der Waals surface area contributed by atoms with E-state index < -0.39 is 0 Å². The lowest BCUT2D eigenvalue weighted by molar-refractivity contribution is -0.114. The summed E-state index contributed by atoms with van der Waals surface area (Å²) in [6, 6.07) is 1.69. The Morgan fingerprint density at radius 3 is 3.00 bits per heavy atom. The molecule has 0 saturated carbocycles. The van der Waals surface area contributed by atoms with Gasteiger partial charge in [-0.2, -0.15) is 0 Å². The van der Waals surface area contributed by atoms with Crippen LogP contribution in [0.1, 0.15) is 12.5 Å². The van der Waals surface area contributed by atoms with Crippen LogP contribution in [0.2, 0.25) is 0 Å². The van der Waals surface area contributed by atoms with Crippen molar-refractivity contribution >= 4 is 11.6 Å². The van der Waals surface area contributed by atoms with Gasteiger partial charge in [0.1, 0.15) is 0 Å². The second-order valence-electron chi connectivity index (χ2n) is 2.29. The molecular weight excluding hydrogens is 152 g/mol. The van der Waals surface area contributed by atoms with Gasteiger partial charge in [-0.25, -0.2) is 0 Å². The van der Waals surface area contributed by atoms with Crippen molar-refractivity contribution in [3.05, 3.63) is 24.0 Å². The summed E-state index contributed by atoms with van der Waals surface area (Å²) in [6.07, 6.45) is 8.25. The summed E-state index contributed by atoms with van der Waals surface area (Å²) >= 11 is 0. The molecule has 3 nitrogen and oxygen atoms in total. The van der Waals surface area contributed by atoms with E-state index in [0.717, 1.165) is 0 Å². The molecule has 1 aromatic heterocycles. The molecule has 0 aliphatic carbocycles. The van der Waals surface area contributed by atoms with Crippen LogP contribution in [0.3, 0.4) is 0 Å². The van der Waals surface area contributed by atoms with Gasteiger partial charge in [0.15, 0.2) is 0 Å². The quantitative estimate of drug-likeness (QED) is 0.623. The summed E-state index contributed by atoms with van der Waals surface area (Å²) in [7, 11) is 0. The molecular formula is C9H8N2O. The Kier molecular flexibility index (Phi) is 2.44. The van der Waals surface area contributed by atoms with Gasteiger partial charge in [0.05, 0.1) is 11.9 Å². The maximum atomic E-state index is 10.6. The lowest BCUT2D eigenvalue weighted by Crippen LogP contribution is -2.05. The molecule has 0 unspecified atom stereocenters. The molecule has 0 radical (unpaired) electrons. The van der Waals surface area contributed by atoms with Gasteiger partial charge in [0, 0.05) is 18.7 Å². The summed E-state index contributed by atoms with van der Waals surface area (Å²) in [5.74, 6) is 2.29. The van der Waals surface area contributed by atoms with Crippen LogP contribution in [0.25, 0.3) is 0 Å². The first-order valence-electron chi connectivity index (χ1n) is 3.41. The Balaban J connectivity index is 2.88. The van der Waals surface area contributed by atoms with E-state index in [0.29, 0.717) is 11.3 Å². The predicted molar refractivity (Wildman–Crippen MR) is 46.5 cm³/mol. The van der Waals surface area contributed by atoms with Crippen molar-refractivity contribution in [2.75, 3.05) is 5.32 Å². The van der Waals surface area contributed by atoms with Crippen LogP contribution in [-0.4, -0.2) is 10.9 Å². The fourth-order valence-electron chi connectivity index (χ4n) is 0.790. The molecule has 60 valence electrons.